The minimum absolute atomic E-state index is 0.0335. The van der Waals surface area contributed by atoms with Gasteiger partial charge in [0.15, 0.2) is 0 Å². The van der Waals surface area contributed by atoms with Crippen molar-refractivity contribution in [2.45, 2.75) is 32.7 Å². The van der Waals surface area contributed by atoms with E-state index in [2.05, 4.69) is 74.3 Å². The molecule has 0 aliphatic heterocycles. The van der Waals surface area contributed by atoms with Gasteiger partial charge in [-0.15, -0.1) is 0 Å². The summed E-state index contributed by atoms with van der Waals surface area (Å²) >= 11 is 0. The molecule has 0 saturated carbocycles. The Balaban J connectivity index is 2.01. The highest BCUT2D eigenvalue weighted by Gasteiger charge is 2.10. The molecule has 0 aliphatic rings. The topological polar surface area (TPSA) is 29.3 Å². The SMILES string of the molecule is CCCc1ccc(C(N)CN(C)c2cccc(C)c2)cc1. The van der Waals surface area contributed by atoms with Crippen LogP contribution in [0.15, 0.2) is 48.5 Å². The van der Waals surface area contributed by atoms with Crippen LogP contribution in [0.3, 0.4) is 0 Å². The fourth-order valence-corrected chi connectivity index (χ4v) is 2.59. The first-order chi connectivity index (χ1) is 10.1. The van der Waals surface area contributed by atoms with Gasteiger partial charge in [0.05, 0.1) is 0 Å². The van der Waals surface area contributed by atoms with Crippen LogP contribution in [0.4, 0.5) is 5.69 Å². The van der Waals surface area contributed by atoms with Crippen molar-refractivity contribution in [3.8, 4) is 0 Å². The number of nitrogens with zero attached hydrogens (tertiary/aromatic N) is 1. The van der Waals surface area contributed by atoms with Gasteiger partial charge < -0.3 is 10.6 Å². The van der Waals surface area contributed by atoms with E-state index in [0.29, 0.717) is 0 Å². The molecule has 2 heteroatoms. The minimum Gasteiger partial charge on any atom is -0.373 e. The van der Waals surface area contributed by atoms with Crippen LogP contribution in [-0.4, -0.2) is 13.6 Å². The molecule has 0 spiro atoms. The lowest BCUT2D eigenvalue weighted by Crippen LogP contribution is -2.28. The summed E-state index contributed by atoms with van der Waals surface area (Å²) in [5.41, 5.74) is 11.4. The van der Waals surface area contributed by atoms with Gasteiger partial charge in [-0.05, 0) is 42.2 Å². The molecule has 21 heavy (non-hydrogen) atoms. The number of hydrogen-bond acceptors (Lipinski definition) is 2. The van der Waals surface area contributed by atoms with Crippen molar-refractivity contribution in [3.63, 3.8) is 0 Å². The lowest BCUT2D eigenvalue weighted by Gasteiger charge is -2.24. The Labute approximate surface area is 128 Å². The van der Waals surface area contributed by atoms with Gasteiger partial charge in [0.2, 0.25) is 0 Å². The molecule has 0 bridgehead atoms. The monoisotopic (exact) mass is 282 g/mol. The molecule has 2 aromatic rings. The second-order valence-corrected chi connectivity index (χ2v) is 5.82. The molecule has 1 unspecified atom stereocenters. The van der Waals surface area contributed by atoms with E-state index in [4.69, 9.17) is 5.73 Å². The summed E-state index contributed by atoms with van der Waals surface area (Å²) in [5, 5.41) is 0. The highest BCUT2D eigenvalue weighted by Crippen LogP contribution is 2.19. The summed E-state index contributed by atoms with van der Waals surface area (Å²) < 4.78 is 0. The number of benzene rings is 2. The van der Waals surface area contributed by atoms with E-state index >= 15 is 0 Å². The van der Waals surface area contributed by atoms with E-state index in [9.17, 15) is 0 Å². The van der Waals surface area contributed by atoms with E-state index in [0.717, 1.165) is 13.0 Å². The summed E-state index contributed by atoms with van der Waals surface area (Å²) in [6.45, 7) is 5.14. The fraction of sp³-hybridized carbons (Fsp3) is 0.368. The number of nitrogens with two attached hydrogens (primary N) is 1. The summed E-state index contributed by atoms with van der Waals surface area (Å²) in [4.78, 5) is 2.22. The van der Waals surface area contributed by atoms with Gasteiger partial charge in [0.1, 0.15) is 0 Å². The van der Waals surface area contributed by atoms with E-state index < -0.39 is 0 Å². The molecule has 1 atom stereocenters. The predicted octanol–water partition coefficient (Wildman–Crippen LogP) is 4.08. The maximum absolute atomic E-state index is 6.35. The summed E-state index contributed by atoms with van der Waals surface area (Å²) in [5.74, 6) is 0. The zero-order chi connectivity index (χ0) is 15.2. The molecule has 112 valence electrons. The van der Waals surface area contributed by atoms with Gasteiger partial charge in [0, 0.05) is 25.3 Å². The highest BCUT2D eigenvalue weighted by molar-refractivity contribution is 5.48. The van der Waals surface area contributed by atoms with Crippen LogP contribution in [-0.2, 0) is 6.42 Å². The van der Waals surface area contributed by atoms with Gasteiger partial charge in [-0.3, -0.25) is 0 Å². The zero-order valence-electron chi connectivity index (χ0n) is 13.3. The summed E-state index contributed by atoms with van der Waals surface area (Å²) in [6.07, 6.45) is 2.32. The maximum Gasteiger partial charge on any atom is 0.0473 e. The van der Waals surface area contributed by atoms with Crippen molar-refractivity contribution < 1.29 is 0 Å². The standard InChI is InChI=1S/C19H26N2/c1-4-6-16-9-11-17(12-10-16)19(20)14-21(3)18-8-5-7-15(2)13-18/h5,7-13,19H,4,6,14,20H2,1-3H3. The van der Waals surface area contributed by atoms with Crippen LogP contribution in [0.1, 0.15) is 36.1 Å². The zero-order valence-corrected chi connectivity index (χ0v) is 13.3. The van der Waals surface area contributed by atoms with Crippen LogP contribution < -0.4 is 10.6 Å². The van der Waals surface area contributed by atoms with Gasteiger partial charge in [-0.1, -0.05) is 49.7 Å². The van der Waals surface area contributed by atoms with Crippen LogP contribution >= 0.6 is 0 Å². The molecular formula is C19H26N2. The molecule has 0 amide bonds. The number of likely N-dealkylation sites (N-methyl/N-ethyl adjacent to an activating group) is 1. The highest BCUT2D eigenvalue weighted by atomic mass is 15.1. The average Bonchev–Trinajstić information content (AvgIpc) is 2.48. The molecule has 0 heterocycles. The third-order valence-electron chi connectivity index (χ3n) is 3.86. The molecule has 0 radical (unpaired) electrons. The average molecular weight is 282 g/mol. The second kappa shape index (κ2) is 7.28. The van der Waals surface area contributed by atoms with Gasteiger partial charge in [-0.2, -0.15) is 0 Å². The van der Waals surface area contributed by atoms with Crippen molar-refractivity contribution in [3.05, 3.63) is 65.2 Å². The van der Waals surface area contributed by atoms with E-state index in [1.54, 1.807) is 0 Å². The van der Waals surface area contributed by atoms with Crippen LogP contribution in [0.2, 0.25) is 0 Å². The lowest BCUT2D eigenvalue weighted by atomic mass is 10.0. The molecule has 2 N–H and O–H groups in total. The quantitative estimate of drug-likeness (QED) is 0.865. The van der Waals surface area contributed by atoms with Crippen molar-refractivity contribution >= 4 is 5.69 Å². The molecule has 0 aromatic heterocycles. The van der Waals surface area contributed by atoms with E-state index in [1.165, 1.54) is 28.8 Å². The molecule has 0 aliphatic carbocycles. The number of anilines is 1. The van der Waals surface area contributed by atoms with Crippen LogP contribution in [0, 0.1) is 6.92 Å². The van der Waals surface area contributed by atoms with Gasteiger partial charge >= 0.3 is 0 Å². The largest absolute Gasteiger partial charge is 0.373 e. The number of hydrogen-bond donors (Lipinski definition) is 1. The smallest absolute Gasteiger partial charge is 0.0473 e. The Kier molecular flexibility index (Phi) is 5.40. The number of aryl methyl sites for hydroxylation is 2. The molecule has 0 fully saturated rings. The van der Waals surface area contributed by atoms with Gasteiger partial charge in [-0.25, -0.2) is 0 Å². The van der Waals surface area contributed by atoms with Crippen molar-refractivity contribution in [2.75, 3.05) is 18.5 Å². The fourth-order valence-electron chi connectivity index (χ4n) is 2.59. The Bertz CT molecular complexity index is 560. The Morgan fingerprint density at radius 3 is 2.43 bits per heavy atom. The number of rotatable bonds is 6. The van der Waals surface area contributed by atoms with E-state index in [1.807, 2.05) is 0 Å². The van der Waals surface area contributed by atoms with E-state index in [-0.39, 0.29) is 6.04 Å². The van der Waals surface area contributed by atoms with Gasteiger partial charge in [0.25, 0.3) is 0 Å². The lowest BCUT2D eigenvalue weighted by molar-refractivity contribution is 0.703. The van der Waals surface area contributed by atoms with Crippen molar-refractivity contribution in [1.82, 2.24) is 0 Å². The summed E-state index contributed by atoms with van der Waals surface area (Å²) in [6, 6.07) is 17.3. The predicted molar refractivity (Wildman–Crippen MR) is 91.8 cm³/mol. The third kappa shape index (κ3) is 4.33. The van der Waals surface area contributed by atoms with Crippen LogP contribution in [0.25, 0.3) is 0 Å². The Morgan fingerprint density at radius 1 is 1.10 bits per heavy atom. The van der Waals surface area contributed by atoms with Crippen molar-refractivity contribution in [1.29, 1.82) is 0 Å². The first kappa shape index (κ1) is 15.6. The van der Waals surface area contributed by atoms with Crippen molar-refractivity contribution in [2.24, 2.45) is 5.73 Å². The third-order valence-corrected chi connectivity index (χ3v) is 3.86. The normalized spacial score (nSPS) is 12.2. The second-order valence-electron chi connectivity index (χ2n) is 5.82. The Morgan fingerprint density at radius 2 is 1.81 bits per heavy atom. The first-order valence-corrected chi connectivity index (χ1v) is 7.72. The Hall–Kier alpha value is -1.80. The molecule has 0 saturated heterocycles. The molecular weight excluding hydrogens is 256 g/mol. The minimum atomic E-state index is 0.0335. The molecule has 2 aromatic carbocycles. The first-order valence-electron chi connectivity index (χ1n) is 7.72. The molecule has 2 nitrogen and oxygen atoms in total. The maximum atomic E-state index is 6.35. The summed E-state index contributed by atoms with van der Waals surface area (Å²) in [7, 11) is 2.10. The molecule has 2 rings (SSSR count). The van der Waals surface area contributed by atoms with Crippen LogP contribution in [0.5, 0.6) is 0 Å².